The lowest BCUT2D eigenvalue weighted by atomic mass is 10.1. The van der Waals surface area contributed by atoms with E-state index in [1.165, 1.54) is 23.1 Å². The van der Waals surface area contributed by atoms with Gasteiger partial charge in [0.2, 0.25) is 0 Å². The molecule has 0 aliphatic rings. The van der Waals surface area contributed by atoms with Crippen molar-refractivity contribution in [3.8, 4) is 5.95 Å². The van der Waals surface area contributed by atoms with Crippen LogP contribution in [0.3, 0.4) is 0 Å². The number of aromatic nitrogens is 3. The highest BCUT2D eigenvalue weighted by atomic mass is 32.2. The van der Waals surface area contributed by atoms with Crippen molar-refractivity contribution in [1.29, 1.82) is 0 Å². The molecule has 2 aromatic heterocycles. The van der Waals surface area contributed by atoms with Gasteiger partial charge in [0.05, 0.1) is 6.61 Å². The van der Waals surface area contributed by atoms with Gasteiger partial charge in [-0.05, 0) is 0 Å². The van der Waals surface area contributed by atoms with Crippen molar-refractivity contribution in [2.24, 2.45) is 10.2 Å². The third-order valence-electron chi connectivity index (χ3n) is 2.17. The lowest BCUT2D eigenvalue weighted by Crippen LogP contribution is -1.86. The van der Waals surface area contributed by atoms with Crippen molar-refractivity contribution in [1.82, 2.24) is 15.4 Å². The predicted molar refractivity (Wildman–Crippen MR) is 74.2 cm³/mol. The molecule has 0 saturated carbocycles. The number of thioether (sulfide) groups is 1. The quantitative estimate of drug-likeness (QED) is 0.621. The molecule has 0 spiro atoms. The second-order valence-electron chi connectivity index (χ2n) is 4.00. The van der Waals surface area contributed by atoms with Gasteiger partial charge in [0.1, 0.15) is 5.69 Å². The normalized spacial score (nSPS) is 11.8. The number of hydrogen-bond donors (Lipinski definition) is 2. The zero-order valence-corrected chi connectivity index (χ0v) is 12.5. The number of aliphatic hydroxyl groups is 1. The van der Waals surface area contributed by atoms with Gasteiger partial charge in [0.15, 0.2) is 10.0 Å². The van der Waals surface area contributed by atoms with Crippen LogP contribution >= 0.6 is 23.1 Å². The van der Waals surface area contributed by atoms with E-state index in [9.17, 15) is 5.11 Å². The number of aliphatic hydroxyl groups excluding tert-OH is 1. The molecule has 2 heterocycles. The van der Waals surface area contributed by atoms with E-state index < -0.39 is 0 Å². The molecule has 108 valence electrons. The molecule has 0 aromatic carbocycles. The number of hydrogen-bond acceptors (Lipinski definition) is 10. The van der Waals surface area contributed by atoms with Gasteiger partial charge in [-0.1, -0.05) is 42.1 Å². The van der Waals surface area contributed by atoms with Gasteiger partial charge in [-0.2, -0.15) is 0 Å². The predicted octanol–water partition coefficient (Wildman–Crippen LogP) is 2.85. The summed E-state index contributed by atoms with van der Waals surface area (Å²) in [6.07, 6.45) is 0. The molecule has 10 heteroatoms. The fourth-order valence-corrected chi connectivity index (χ4v) is 2.76. The van der Waals surface area contributed by atoms with E-state index in [4.69, 9.17) is 9.63 Å². The van der Waals surface area contributed by atoms with Gasteiger partial charge in [0, 0.05) is 11.7 Å². The summed E-state index contributed by atoms with van der Waals surface area (Å²) in [6, 6.07) is 0. The molecule has 20 heavy (non-hydrogen) atoms. The third-order valence-corrected chi connectivity index (χ3v) is 4.09. The Hall–Kier alpha value is -1.52. The maximum Gasteiger partial charge on any atom is 0.337 e. The van der Waals surface area contributed by atoms with Crippen LogP contribution in [0.1, 0.15) is 25.5 Å². The van der Waals surface area contributed by atoms with Crippen LogP contribution in [0.25, 0.3) is 0 Å². The van der Waals surface area contributed by atoms with Crippen LogP contribution in [0.5, 0.6) is 5.95 Å². The Morgan fingerprint density at radius 1 is 1.35 bits per heavy atom. The molecule has 8 nitrogen and oxygen atoms in total. The number of azo groups is 1. The van der Waals surface area contributed by atoms with Crippen molar-refractivity contribution in [3.63, 3.8) is 0 Å². The van der Waals surface area contributed by atoms with E-state index in [2.05, 4.69) is 25.6 Å². The zero-order chi connectivity index (χ0) is 14.5. The summed E-state index contributed by atoms with van der Waals surface area (Å²) in [5.41, 5.74) is 0.741. The average Bonchev–Trinajstić information content (AvgIpc) is 3.00. The Bertz CT molecular complexity index is 595. The minimum absolute atomic E-state index is 0.0543. The van der Waals surface area contributed by atoms with Gasteiger partial charge in [0.25, 0.3) is 5.13 Å². The second kappa shape index (κ2) is 6.77. The Kier molecular flexibility index (Phi) is 5.04. The van der Waals surface area contributed by atoms with Crippen molar-refractivity contribution in [2.45, 2.75) is 24.1 Å². The first-order valence-electron chi connectivity index (χ1n) is 5.79. The number of aromatic hydroxyl groups is 1. The van der Waals surface area contributed by atoms with Gasteiger partial charge in [-0.3, -0.25) is 0 Å². The molecule has 0 bridgehead atoms. The largest absolute Gasteiger partial charge is 0.478 e. The first-order chi connectivity index (χ1) is 9.61. The molecule has 2 aromatic rings. The van der Waals surface area contributed by atoms with E-state index in [-0.39, 0.29) is 24.2 Å². The summed E-state index contributed by atoms with van der Waals surface area (Å²) in [7, 11) is 0. The number of rotatable bonds is 6. The standard InChI is InChI=1S/C10H13N5O3S2/c1-5(2)6-7(8(17)18-15-6)11-12-9-13-14-10(20-9)19-4-3-16/h5,16-17H,3-4H2,1-2H3. The van der Waals surface area contributed by atoms with Gasteiger partial charge in [-0.25, -0.2) is 0 Å². The maximum atomic E-state index is 9.53. The molecule has 0 aliphatic carbocycles. The summed E-state index contributed by atoms with van der Waals surface area (Å²) < 4.78 is 5.39. The third kappa shape index (κ3) is 3.52. The Morgan fingerprint density at radius 3 is 2.85 bits per heavy atom. The van der Waals surface area contributed by atoms with Gasteiger partial charge < -0.3 is 14.7 Å². The maximum absolute atomic E-state index is 9.53. The minimum Gasteiger partial charge on any atom is -0.478 e. The molecule has 0 saturated heterocycles. The van der Waals surface area contributed by atoms with Crippen LogP contribution in [-0.2, 0) is 0 Å². The molecule has 0 atom stereocenters. The first kappa shape index (κ1) is 14.9. The summed E-state index contributed by atoms with van der Waals surface area (Å²) in [6.45, 7) is 3.89. The molecule has 0 fully saturated rings. The smallest absolute Gasteiger partial charge is 0.337 e. The molecule has 0 radical (unpaired) electrons. The minimum atomic E-state index is -0.364. The van der Waals surface area contributed by atoms with Crippen molar-refractivity contribution < 1.29 is 14.7 Å². The fourth-order valence-electron chi connectivity index (χ4n) is 1.29. The van der Waals surface area contributed by atoms with Crippen LogP contribution in [-0.4, -0.2) is 37.9 Å². The number of nitrogens with zero attached hydrogens (tertiary/aromatic N) is 5. The lowest BCUT2D eigenvalue weighted by molar-refractivity contribution is 0.276. The molecule has 0 amide bonds. The highest BCUT2D eigenvalue weighted by molar-refractivity contribution is 8.01. The van der Waals surface area contributed by atoms with Gasteiger partial charge in [-0.15, -0.1) is 20.4 Å². The summed E-state index contributed by atoms with van der Waals surface area (Å²) in [4.78, 5) is 0. The molecule has 0 aliphatic heterocycles. The van der Waals surface area contributed by atoms with E-state index in [1.807, 2.05) is 13.8 Å². The highest BCUT2D eigenvalue weighted by Gasteiger charge is 2.18. The molecule has 2 rings (SSSR count). The van der Waals surface area contributed by atoms with E-state index in [0.717, 1.165) is 0 Å². The topological polar surface area (TPSA) is 117 Å². The summed E-state index contributed by atoms with van der Waals surface area (Å²) in [5.74, 6) is 0.242. The average molecular weight is 315 g/mol. The van der Waals surface area contributed by atoms with E-state index >= 15 is 0 Å². The monoisotopic (exact) mass is 315 g/mol. The SMILES string of the molecule is CC(C)c1noc(O)c1N=Nc1nnc(SCCO)s1. The summed E-state index contributed by atoms with van der Waals surface area (Å²) in [5, 5.41) is 37.9. The van der Waals surface area contributed by atoms with Crippen LogP contribution in [0.15, 0.2) is 19.1 Å². The molecular formula is C10H13N5O3S2. The fraction of sp³-hybridized carbons (Fsp3) is 0.500. The van der Waals surface area contributed by atoms with Crippen LogP contribution in [0, 0.1) is 0 Å². The zero-order valence-electron chi connectivity index (χ0n) is 10.8. The van der Waals surface area contributed by atoms with Crippen molar-refractivity contribution in [3.05, 3.63) is 5.69 Å². The van der Waals surface area contributed by atoms with Crippen molar-refractivity contribution >= 4 is 33.9 Å². The lowest BCUT2D eigenvalue weighted by Gasteiger charge is -1.97. The first-order valence-corrected chi connectivity index (χ1v) is 7.59. The van der Waals surface area contributed by atoms with Crippen LogP contribution < -0.4 is 0 Å². The van der Waals surface area contributed by atoms with Crippen LogP contribution in [0.4, 0.5) is 10.8 Å². The van der Waals surface area contributed by atoms with Crippen LogP contribution in [0.2, 0.25) is 0 Å². The summed E-state index contributed by atoms with van der Waals surface area (Å²) >= 11 is 2.64. The second-order valence-corrected chi connectivity index (χ2v) is 6.30. The van der Waals surface area contributed by atoms with Crippen molar-refractivity contribution in [2.75, 3.05) is 12.4 Å². The Balaban J connectivity index is 2.13. The van der Waals surface area contributed by atoms with E-state index in [1.54, 1.807) is 0 Å². The molecule has 0 unspecified atom stereocenters. The van der Waals surface area contributed by atoms with Gasteiger partial charge >= 0.3 is 5.95 Å². The molecular weight excluding hydrogens is 302 g/mol. The molecule has 2 N–H and O–H groups in total. The van der Waals surface area contributed by atoms with E-state index in [0.29, 0.717) is 20.9 Å². The Morgan fingerprint density at radius 2 is 2.15 bits per heavy atom. The Labute approximate surface area is 122 Å². The highest BCUT2D eigenvalue weighted by Crippen LogP contribution is 2.36.